The van der Waals surface area contributed by atoms with Crippen molar-refractivity contribution in [2.24, 2.45) is 0 Å². The Morgan fingerprint density at radius 2 is 1.75 bits per heavy atom. The van der Waals surface area contributed by atoms with Gasteiger partial charge in [-0.2, -0.15) is 0 Å². The van der Waals surface area contributed by atoms with Crippen LogP contribution in [0.25, 0.3) is 11.1 Å². The number of aryl methyl sites for hydroxylation is 1. The summed E-state index contributed by atoms with van der Waals surface area (Å²) in [5.41, 5.74) is 4.19. The van der Waals surface area contributed by atoms with E-state index in [1.807, 2.05) is 49.4 Å². The Hall–Kier alpha value is -2.36. The number of aromatic nitrogens is 1. The lowest BCUT2D eigenvalue weighted by Crippen LogP contribution is -2.13. The fraction of sp³-hybridized carbons (Fsp3) is 0.0526. The molecule has 1 aromatic heterocycles. The van der Waals surface area contributed by atoms with Crippen LogP contribution in [0, 0.1) is 6.92 Å². The highest BCUT2D eigenvalue weighted by atomic mass is 35.5. The van der Waals surface area contributed by atoms with Crippen molar-refractivity contribution < 1.29 is 4.79 Å². The molecule has 1 N–H and O–H groups in total. The van der Waals surface area contributed by atoms with Crippen LogP contribution in [0.4, 0.5) is 5.69 Å². The molecular weight excluding hydrogens is 343 g/mol. The van der Waals surface area contributed by atoms with Crippen molar-refractivity contribution in [3.8, 4) is 11.1 Å². The monoisotopic (exact) mass is 356 g/mol. The van der Waals surface area contributed by atoms with Crippen LogP contribution >= 0.6 is 23.2 Å². The van der Waals surface area contributed by atoms with Gasteiger partial charge in [0.25, 0.3) is 5.91 Å². The number of pyridine rings is 1. The number of amides is 1. The van der Waals surface area contributed by atoms with E-state index in [-0.39, 0.29) is 5.91 Å². The first-order chi connectivity index (χ1) is 11.5. The van der Waals surface area contributed by atoms with Crippen molar-refractivity contribution in [3.05, 3.63) is 82.1 Å². The lowest BCUT2D eigenvalue weighted by Gasteiger charge is -2.13. The highest BCUT2D eigenvalue weighted by Crippen LogP contribution is 2.30. The molecule has 0 saturated heterocycles. The number of nitrogens with one attached hydrogen (secondary N) is 1. The van der Waals surface area contributed by atoms with Crippen molar-refractivity contribution in [2.75, 3.05) is 5.32 Å². The van der Waals surface area contributed by atoms with Gasteiger partial charge in [0.2, 0.25) is 0 Å². The maximum Gasteiger partial charge on any atom is 0.257 e. The molecule has 5 heteroatoms. The van der Waals surface area contributed by atoms with Gasteiger partial charge in [0.1, 0.15) is 5.15 Å². The third kappa shape index (κ3) is 3.75. The fourth-order valence-electron chi connectivity index (χ4n) is 2.34. The SMILES string of the molecule is Cc1ccc(NC(=O)c2ccc(Cl)nc2)c(-c2ccc(Cl)cc2)c1. The van der Waals surface area contributed by atoms with E-state index in [1.165, 1.54) is 6.20 Å². The van der Waals surface area contributed by atoms with Gasteiger partial charge in [-0.3, -0.25) is 4.79 Å². The van der Waals surface area contributed by atoms with Crippen LogP contribution in [0.2, 0.25) is 10.2 Å². The predicted molar refractivity (Wildman–Crippen MR) is 98.8 cm³/mol. The molecule has 1 amide bonds. The van der Waals surface area contributed by atoms with Gasteiger partial charge in [0.05, 0.1) is 5.56 Å². The van der Waals surface area contributed by atoms with Crippen molar-refractivity contribution in [1.29, 1.82) is 0 Å². The zero-order valence-electron chi connectivity index (χ0n) is 12.9. The first kappa shape index (κ1) is 16.5. The molecule has 0 fully saturated rings. The van der Waals surface area contributed by atoms with Crippen LogP contribution in [0.5, 0.6) is 0 Å². The number of anilines is 1. The zero-order valence-corrected chi connectivity index (χ0v) is 14.4. The molecule has 3 rings (SSSR count). The Kier molecular flexibility index (Phi) is 4.84. The number of nitrogens with zero attached hydrogens (tertiary/aromatic N) is 1. The zero-order chi connectivity index (χ0) is 17.1. The van der Waals surface area contributed by atoms with E-state index >= 15 is 0 Å². The van der Waals surface area contributed by atoms with Gasteiger partial charge in [-0.05, 0) is 48.9 Å². The molecule has 0 saturated carbocycles. The van der Waals surface area contributed by atoms with E-state index < -0.39 is 0 Å². The number of benzene rings is 2. The van der Waals surface area contributed by atoms with Gasteiger partial charge in [-0.1, -0.05) is 47.0 Å². The van der Waals surface area contributed by atoms with E-state index in [0.717, 1.165) is 22.4 Å². The van der Waals surface area contributed by atoms with E-state index in [2.05, 4.69) is 10.3 Å². The van der Waals surface area contributed by atoms with Crippen molar-refractivity contribution in [3.63, 3.8) is 0 Å². The third-order valence-corrected chi connectivity index (χ3v) is 4.04. The molecule has 0 aliphatic heterocycles. The van der Waals surface area contributed by atoms with Crippen LogP contribution in [-0.4, -0.2) is 10.9 Å². The molecule has 1 heterocycles. The molecule has 2 aromatic carbocycles. The predicted octanol–water partition coefficient (Wildman–Crippen LogP) is 5.62. The highest BCUT2D eigenvalue weighted by molar-refractivity contribution is 6.30. The average Bonchev–Trinajstić information content (AvgIpc) is 2.58. The van der Waals surface area contributed by atoms with E-state index in [0.29, 0.717) is 15.7 Å². The summed E-state index contributed by atoms with van der Waals surface area (Å²) >= 11 is 11.7. The molecule has 3 aromatic rings. The number of hydrogen-bond acceptors (Lipinski definition) is 2. The Bertz CT molecular complexity index is 875. The lowest BCUT2D eigenvalue weighted by molar-refractivity contribution is 0.102. The largest absolute Gasteiger partial charge is 0.321 e. The summed E-state index contributed by atoms with van der Waals surface area (Å²) in [6.07, 6.45) is 1.45. The quantitative estimate of drug-likeness (QED) is 0.619. The van der Waals surface area contributed by atoms with Gasteiger partial charge >= 0.3 is 0 Å². The maximum absolute atomic E-state index is 12.4. The summed E-state index contributed by atoms with van der Waals surface area (Å²) in [5.74, 6) is -0.238. The second-order valence-corrected chi connectivity index (χ2v) is 6.20. The summed E-state index contributed by atoms with van der Waals surface area (Å²) in [4.78, 5) is 16.4. The third-order valence-electron chi connectivity index (χ3n) is 3.57. The molecule has 24 heavy (non-hydrogen) atoms. The van der Waals surface area contributed by atoms with Gasteiger partial charge in [-0.25, -0.2) is 4.98 Å². The molecule has 0 radical (unpaired) electrons. The second-order valence-electron chi connectivity index (χ2n) is 5.38. The summed E-state index contributed by atoms with van der Waals surface area (Å²) in [6, 6.07) is 16.6. The van der Waals surface area contributed by atoms with Crippen LogP contribution in [0.15, 0.2) is 60.8 Å². The van der Waals surface area contributed by atoms with Crippen molar-refractivity contribution in [2.45, 2.75) is 6.92 Å². The van der Waals surface area contributed by atoms with Crippen LogP contribution in [0.3, 0.4) is 0 Å². The number of hydrogen-bond donors (Lipinski definition) is 1. The summed E-state index contributed by atoms with van der Waals surface area (Å²) in [7, 11) is 0. The van der Waals surface area contributed by atoms with E-state index in [9.17, 15) is 4.79 Å². The highest BCUT2D eigenvalue weighted by Gasteiger charge is 2.11. The van der Waals surface area contributed by atoms with Crippen LogP contribution in [0.1, 0.15) is 15.9 Å². The first-order valence-electron chi connectivity index (χ1n) is 7.32. The lowest BCUT2D eigenvalue weighted by atomic mass is 10.0. The topological polar surface area (TPSA) is 42.0 Å². The normalized spacial score (nSPS) is 10.5. The van der Waals surface area contributed by atoms with E-state index in [4.69, 9.17) is 23.2 Å². The minimum atomic E-state index is -0.238. The summed E-state index contributed by atoms with van der Waals surface area (Å²) in [5, 5.41) is 3.95. The minimum Gasteiger partial charge on any atom is -0.321 e. The second kappa shape index (κ2) is 7.04. The van der Waals surface area contributed by atoms with Crippen molar-refractivity contribution in [1.82, 2.24) is 4.98 Å². The van der Waals surface area contributed by atoms with Gasteiger partial charge in [0, 0.05) is 22.5 Å². The number of rotatable bonds is 3. The molecule has 0 bridgehead atoms. The molecule has 0 aliphatic carbocycles. The minimum absolute atomic E-state index is 0.238. The van der Waals surface area contributed by atoms with Crippen LogP contribution < -0.4 is 5.32 Å². The molecule has 120 valence electrons. The van der Waals surface area contributed by atoms with Gasteiger partial charge in [-0.15, -0.1) is 0 Å². The van der Waals surface area contributed by atoms with Crippen LogP contribution in [-0.2, 0) is 0 Å². The average molecular weight is 357 g/mol. The molecule has 3 nitrogen and oxygen atoms in total. The summed E-state index contributed by atoms with van der Waals surface area (Å²) in [6.45, 7) is 2.01. The standard InChI is InChI=1S/C19H14Cl2N2O/c1-12-2-8-17(16(10-12)13-3-6-15(20)7-4-13)23-19(24)14-5-9-18(21)22-11-14/h2-11H,1H3,(H,23,24). The molecule has 0 atom stereocenters. The Morgan fingerprint density at radius 1 is 1.00 bits per heavy atom. The number of halogens is 2. The molecule has 0 spiro atoms. The molecular formula is C19H14Cl2N2O. The Morgan fingerprint density at radius 3 is 2.42 bits per heavy atom. The molecule has 0 unspecified atom stereocenters. The fourth-order valence-corrected chi connectivity index (χ4v) is 2.58. The smallest absolute Gasteiger partial charge is 0.257 e. The first-order valence-corrected chi connectivity index (χ1v) is 8.08. The summed E-state index contributed by atoms with van der Waals surface area (Å²) < 4.78 is 0. The van der Waals surface area contributed by atoms with Crippen molar-refractivity contribution >= 4 is 34.8 Å². The number of carbonyl (C=O) groups is 1. The molecule has 0 aliphatic rings. The van der Waals surface area contributed by atoms with Gasteiger partial charge < -0.3 is 5.32 Å². The van der Waals surface area contributed by atoms with Gasteiger partial charge in [0.15, 0.2) is 0 Å². The Labute approximate surface area is 150 Å². The number of carbonyl (C=O) groups excluding carboxylic acids is 1. The van der Waals surface area contributed by atoms with E-state index in [1.54, 1.807) is 12.1 Å². The maximum atomic E-state index is 12.4. The Balaban J connectivity index is 1.94.